The van der Waals surface area contributed by atoms with Crippen molar-refractivity contribution in [2.75, 3.05) is 19.6 Å². The molecule has 0 bridgehead atoms. The third-order valence-electron chi connectivity index (χ3n) is 4.14. The molecule has 0 spiro atoms. The van der Waals surface area contributed by atoms with Crippen LogP contribution >= 0.6 is 12.4 Å². The Kier molecular flexibility index (Phi) is 4.83. The minimum Gasteiger partial charge on any atom is -0.337 e. The van der Waals surface area contributed by atoms with Gasteiger partial charge in [-0.3, -0.25) is 19.3 Å². The largest absolute Gasteiger partial charge is 0.337 e. The van der Waals surface area contributed by atoms with Crippen molar-refractivity contribution >= 4 is 30.1 Å². The van der Waals surface area contributed by atoms with Crippen LogP contribution in [0.1, 0.15) is 33.6 Å². The first kappa shape index (κ1) is 16.5. The Bertz CT molecular complexity index is 585. The van der Waals surface area contributed by atoms with Crippen molar-refractivity contribution in [3.63, 3.8) is 0 Å². The molecule has 0 aromatic heterocycles. The van der Waals surface area contributed by atoms with Gasteiger partial charge < -0.3 is 10.6 Å². The Morgan fingerprint density at radius 2 is 1.77 bits per heavy atom. The average molecular weight is 324 g/mol. The van der Waals surface area contributed by atoms with Crippen molar-refractivity contribution in [1.82, 2.24) is 9.80 Å². The summed E-state index contributed by atoms with van der Waals surface area (Å²) in [5, 5.41) is 0. The summed E-state index contributed by atoms with van der Waals surface area (Å²) in [6.45, 7) is 0.848. The molecule has 2 aliphatic rings. The normalized spacial score (nSPS) is 20.1. The van der Waals surface area contributed by atoms with Crippen molar-refractivity contribution in [3.05, 3.63) is 35.4 Å². The van der Waals surface area contributed by atoms with Gasteiger partial charge in [-0.2, -0.15) is 0 Å². The first-order valence-corrected chi connectivity index (χ1v) is 7.08. The lowest BCUT2D eigenvalue weighted by atomic mass is 10.1. The van der Waals surface area contributed by atoms with Crippen molar-refractivity contribution in [2.24, 2.45) is 5.73 Å². The van der Waals surface area contributed by atoms with Crippen LogP contribution in [0.25, 0.3) is 0 Å². The molecule has 2 heterocycles. The van der Waals surface area contributed by atoms with E-state index >= 15 is 0 Å². The summed E-state index contributed by atoms with van der Waals surface area (Å²) in [6.07, 6.45) is 1.79. The molecule has 22 heavy (non-hydrogen) atoms. The Labute approximate surface area is 134 Å². The number of hydrogen-bond donors (Lipinski definition) is 1. The molecule has 1 atom stereocenters. The van der Waals surface area contributed by atoms with E-state index in [0.717, 1.165) is 17.7 Å². The van der Waals surface area contributed by atoms with Gasteiger partial charge in [0.25, 0.3) is 11.8 Å². The topological polar surface area (TPSA) is 83.7 Å². The number of carbonyl (C=O) groups excluding carboxylic acids is 3. The lowest BCUT2D eigenvalue weighted by molar-refractivity contribution is -0.132. The lowest BCUT2D eigenvalue weighted by Crippen LogP contribution is -2.46. The smallest absolute Gasteiger partial charge is 0.262 e. The number of likely N-dealkylation sites (tertiary alicyclic amines) is 1. The molecule has 0 saturated carbocycles. The number of amides is 3. The number of carbonyl (C=O) groups is 3. The molecule has 7 heteroatoms. The van der Waals surface area contributed by atoms with Crippen LogP contribution in [0.5, 0.6) is 0 Å². The number of benzene rings is 1. The van der Waals surface area contributed by atoms with Crippen molar-refractivity contribution in [1.29, 1.82) is 0 Å². The summed E-state index contributed by atoms with van der Waals surface area (Å²) in [7, 11) is 0. The fourth-order valence-electron chi connectivity index (χ4n) is 3.02. The van der Waals surface area contributed by atoms with Gasteiger partial charge in [0.15, 0.2) is 0 Å². The van der Waals surface area contributed by atoms with E-state index in [9.17, 15) is 14.4 Å². The van der Waals surface area contributed by atoms with Crippen molar-refractivity contribution in [2.45, 2.75) is 18.9 Å². The first-order chi connectivity index (χ1) is 10.1. The summed E-state index contributed by atoms with van der Waals surface area (Å²) in [6, 6.07) is 6.66. The fourth-order valence-corrected chi connectivity index (χ4v) is 3.02. The van der Waals surface area contributed by atoms with Crippen molar-refractivity contribution < 1.29 is 14.4 Å². The molecule has 1 fully saturated rings. The number of nitrogens with two attached hydrogens (primary N) is 1. The van der Waals surface area contributed by atoms with E-state index in [-0.39, 0.29) is 30.9 Å². The van der Waals surface area contributed by atoms with E-state index < -0.39 is 11.8 Å². The number of hydrogen-bond acceptors (Lipinski definition) is 4. The SMILES string of the molecule is Cl.NCC1CCCN1C(=O)CN1C(=O)c2ccccc2C1=O. The van der Waals surface area contributed by atoms with Gasteiger partial charge in [-0.05, 0) is 25.0 Å². The fraction of sp³-hybridized carbons (Fsp3) is 0.400. The summed E-state index contributed by atoms with van der Waals surface area (Å²) in [5.41, 5.74) is 6.39. The van der Waals surface area contributed by atoms with Gasteiger partial charge >= 0.3 is 0 Å². The molecule has 1 unspecified atom stereocenters. The molecule has 0 aliphatic carbocycles. The molecule has 6 nitrogen and oxygen atoms in total. The van der Waals surface area contributed by atoms with E-state index in [1.807, 2.05) is 0 Å². The number of fused-ring (bicyclic) bond motifs is 1. The maximum atomic E-state index is 12.3. The van der Waals surface area contributed by atoms with Crippen LogP contribution in [0.2, 0.25) is 0 Å². The monoisotopic (exact) mass is 323 g/mol. The van der Waals surface area contributed by atoms with Crippen LogP contribution in [0.3, 0.4) is 0 Å². The predicted octanol–water partition coefficient (Wildman–Crippen LogP) is 0.654. The van der Waals surface area contributed by atoms with Crippen LogP contribution in [-0.4, -0.2) is 53.2 Å². The maximum Gasteiger partial charge on any atom is 0.262 e. The zero-order valence-corrected chi connectivity index (χ0v) is 12.8. The molecular formula is C15H18ClN3O3. The maximum absolute atomic E-state index is 12.3. The van der Waals surface area contributed by atoms with Gasteiger partial charge in [-0.1, -0.05) is 12.1 Å². The molecule has 2 aliphatic heterocycles. The van der Waals surface area contributed by atoms with Gasteiger partial charge in [0.05, 0.1) is 11.1 Å². The van der Waals surface area contributed by atoms with Crippen LogP contribution in [-0.2, 0) is 4.79 Å². The number of nitrogens with zero attached hydrogens (tertiary/aromatic N) is 2. The van der Waals surface area contributed by atoms with E-state index in [0.29, 0.717) is 24.2 Å². The van der Waals surface area contributed by atoms with Gasteiger partial charge in [0, 0.05) is 19.1 Å². The molecule has 118 valence electrons. The summed E-state index contributed by atoms with van der Waals surface area (Å²) < 4.78 is 0. The second-order valence-electron chi connectivity index (χ2n) is 5.36. The molecule has 1 saturated heterocycles. The highest BCUT2D eigenvalue weighted by atomic mass is 35.5. The summed E-state index contributed by atoms with van der Waals surface area (Å²) in [5.74, 6) is -1.00. The summed E-state index contributed by atoms with van der Waals surface area (Å²) in [4.78, 5) is 39.5. The molecule has 3 amide bonds. The van der Waals surface area contributed by atoms with Crippen LogP contribution in [0.15, 0.2) is 24.3 Å². The zero-order valence-electron chi connectivity index (χ0n) is 12.0. The minimum absolute atomic E-state index is 0. The number of imide groups is 1. The highest BCUT2D eigenvalue weighted by molar-refractivity contribution is 6.22. The second kappa shape index (κ2) is 6.46. The Hall–Kier alpha value is -1.92. The van der Waals surface area contributed by atoms with Gasteiger partial charge in [-0.25, -0.2) is 0 Å². The second-order valence-corrected chi connectivity index (χ2v) is 5.36. The highest BCUT2D eigenvalue weighted by Crippen LogP contribution is 2.23. The first-order valence-electron chi connectivity index (χ1n) is 7.08. The van der Waals surface area contributed by atoms with E-state index in [1.54, 1.807) is 29.2 Å². The molecule has 1 aromatic rings. The minimum atomic E-state index is -0.396. The number of rotatable bonds is 3. The van der Waals surface area contributed by atoms with Crippen LogP contribution < -0.4 is 5.73 Å². The average Bonchev–Trinajstić information content (AvgIpc) is 3.07. The molecule has 2 N–H and O–H groups in total. The molecule has 1 aromatic carbocycles. The zero-order chi connectivity index (χ0) is 15.0. The lowest BCUT2D eigenvalue weighted by Gasteiger charge is -2.25. The van der Waals surface area contributed by atoms with E-state index in [4.69, 9.17) is 5.73 Å². The third kappa shape index (κ3) is 2.60. The van der Waals surface area contributed by atoms with Crippen molar-refractivity contribution in [3.8, 4) is 0 Å². The summed E-state index contributed by atoms with van der Waals surface area (Å²) >= 11 is 0. The van der Waals surface area contributed by atoms with Gasteiger partial charge in [-0.15, -0.1) is 12.4 Å². The van der Waals surface area contributed by atoms with Gasteiger partial charge in [0.1, 0.15) is 6.54 Å². The predicted molar refractivity (Wildman–Crippen MR) is 82.8 cm³/mol. The standard InChI is InChI=1S/C15H17N3O3.ClH/c16-8-10-4-3-7-17(10)13(19)9-18-14(20)11-5-1-2-6-12(11)15(18)21;/h1-2,5-6,10H,3-4,7-9,16H2;1H. The molecule has 0 radical (unpaired) electrons. The number of halogens is 1. The van der Waals surface area contributed by atoms with Crippen LogP contribution in [0, 0.1) is 0 Å². The highest BCUT2D eigenvalue weighted by Gasteiger charge is 2.38. The quantitative estimate of drug-likeness (QED) is 0.828. The van der Waals surface area contributed by atoms with Gasteiger partial charge in [0.2, 0.25) is 5.91 Å². The third-order valence-corrected chi connectivity index (χ3v) is 4.14. The van der Waals surface area contributed by atoms with E-state index in [2.05, 4.69) is 0 Å². The molecular weight excluding hydrogens is 306 g/mol. The Morgan fingerprint density at radius 1 is 1.18 bits per heavy atom. The Balaban J connectivity index is 0.00000176. The Morgan fingerprint density at radius 3 is 2.32 bits per heavy atom. The molecule has 3 rings (SSSR count). The van der Waals surface area contributed by atoms with E-state index in [1.165, 1.54) is 0 Å². The van der Waals surface area contributed by atoms with Crippen LogP contribution in [0.4, 0.5) is 0 Å².